The van der Waals surface area contributed by atoms with Gasteiger partial charge in [-0.1, -0.05) is 0 Å². The molecule has 0 spiro atoms. The molecule has 0 unspecified atom stereocenters. The molecule has 0 aliphatic heterocycles. The topological polar surface area (TPSA) is 26.3 Å². The summed E-state index contributed by atoms with van der Waals surface area (Å²) in [6, 6.07) is 2.87. The Morgan fingerprint density at radius 2 is 2.00 bits per heavy atom. The highest BCUT2D eigenvalue weighted by atomic mass is 79.9. The van der Waals surface area contributed by atoms with Crippen molar-refractivity contribution in [2.75, 3.05) is 0 Å². The molecule has 17 heavy (non-hydrogen) atoms. The van der Waals surface area contributed by atoms with Crippen molar-refractivity contribution in [2.45, 2.75) is 18.3 Å². The van der Waals surface area contributed by atoms with Crippen LogP contribution in [0.15, 0.2) is 16.6 Å². The molecule has 92 valence electrons. The van der Waals surface area contributed by atoms with Crippen LogP contribution in [0.3, 0.4) is 0 Å². The smallest absolute Gasteiger partial charge is 0.416 e. The Hall–Kier alpha value is -0.690. The first-order valence-corrected chi connectivity index (χ1v) is 6.19. The number of halogens is 4. The van der Waals surface area contributed by atoms with Gasteiger partial charge in [-0.3, -0.25) is 4.79 Å². The first-order valence-electron chi connectivity index (χ1n) is 4.65. The van der Waals surface area contributed by atoms with Crippen LogP contribution in [-0.2, 0) is 6.42 Å². The highest BCUT2D eigenvalue weighted by molar-refractivity contribution is 9.10. The Morgan fingerprint density at radius 3 is 2.65 bits per heavy atom. The van der Waals surface area contributed by atoms with Crippen LogP contribution in [0.4, 0.5) is 13.2 Å². The van der Waals surface area contributed by atoms with Crippen LogP contribution in [0.2, 0.25) is 0 Å². The summed E-state index contributed by atoms with van der Waals surface area (Å²) in [4.78, 5) is 11.4. The van der Waals surface area contributed by atoms with Gasteiger partial charge in [-0.05, 0) is 40.0 Å². The van der Waals surface area contributed by atoms with Gasteiger partial charge in [0.05, 0.1) is 4.47 Å². The monoisotopic (exact) mass is 326 g/mol. The summed E-state index contributed by atoms with van der Waals surface area (Å²) in [7, 11) is 0. The lowest BCUT2D eigenvalue weighted by atomic mass is 10.1. The summed E-state index contributed by atoms with van der Waals surface area (Å²) < 4.78 is 41.0. The zero-order chi connectivity index (χ0) is 12.6. The molecular weight excluding hydrogens is 321 g/mol. The van der Waals surface area contributed by atoms with Crippen molar-refractivity contribution in [1.82, 2.24) is 0 Å². The van der Waals surface area contributed by atoms with Crippen molar-refractivity contribution in [2.24, 2.45) is 0 Å². The Kier molecular flexibility index (Phi) is 3.40. The first kappa shape index (κ1) is 12.8. The van der Waals surface area contributed by atoms with E-state index in [1.54, 1.807) is 0 Å². The van der Waals surface area contributed by atoms with Gasteiger partial charge in [0.25, 0.3) is 0 Å². The van der Waals surface area contributed by atoms with E-state index in [2.05, 4.69) is 20.1 Å². The zero-order valence-electron chi connectivity index (χ0n) is 8.31. The molecule has 0 saturated heterocycles. The molecule has 1 aliphatic carbocycles. The predicted octanol–water partition coefficient (Wildman–Crippen LogP) is 4.12. The fraction of sp³-hybridized carbons (Fsp3) is 0.300. The van der Waals surface area contributed by atoms with Gasteiger partial charge in [-0.2, -0.15) is 13.2 Å². The van der Waals surface area contributed by atoms with Gasteiger partial charge in [-0.15, -0.1) is 0 Å². The molecule has 0 heterocycles. The van der Waals surface area contributed by atoms with E-state index in [1.807, 2.05) is 0 Å². The van der Waals surface area contributed by atoms with Gasteiger partial charge in [0, 0.05) is 12.0 Å². The molecular formula is C10H6BrF3O2S. The van der Waals surface area contributed by atoms with Crippen molar-refractivity contribution < 1.29 is 22.1 Å². The van der Waals surface area contributed by atoms with Crippen molar-refractivity contribution in [1.29, 1.82) is 0 Å². The fourth-order valence-corrected chi connectivity index (χ4v) is 2.69. The molecule has 2 rings (SSSR count). The zero-order valence-corrected chi connectivity index (χ0v) is 10.7. The normalized spacial score (nSPS) is 14.9. The van der Waals surface area contributed by atoms with E-state index in [-0.39, 0.29) is 11.5 Å². The van der Waals surface area contributed by atoms with Gasteiger partial charge < -0.3 is 4.18 Å². The van der Waals surface area contributed by atoms with E-state index in [1.165, 1.54) is 12.1 Å². The number of hydrogen-bond donors (Lipinski definition) is 0. The van der Waals surface area contributed by atoms with Gasteiger partial charge in [0.2, 0.25) is 0 Å². The van der Waals surface area contributed by atoms with Crippen LogP contribution >= 0.6 is 28.0 Å². The molecule has 1 aliphatic rings. The summed E-state index contributed by atoms with van der Waals surface area (Å²) in [6.45, 7) is 0. The van der Waals surface area contributed by atoms with E-state index in [0.717, 1.165) is 5.56 Å². The molecule has 0 saturated carbocycles. The Balaban J connectivity index is 2.24. The molecule has 0 aromatic heterocycles. The third kappa shape index (κ3) is 2.77. The van der Waals surface area contributed by atoms with E-state index in [9.17, 15) is 18.0 Å². The number of carbonyl (C=O) groups is 1. The lowest BCUT2D eigenvalue weighted by molar-refractivity contribution is -0.0369. The summed E-state index contributed by atoms with van der Waals surface area (Å²) in [5, 5.41) is 0. The van der Waals surface area contributed by atoms with Crippen LogP contribution in [-0.4, -0.2) is 11.3 Å². The number of ketones is 1. The molecule has 1 aromatic carbocycles. The Labute approximate surface area is 108 Å². The van der Waals surface area contributed by atoms with E-state index in [0.29, 0.717) is 22.9 Å². The molecule has 1 aromatic rings. The molecule has 2 nitrogen and oxygen atoms in total. The number of benzene rings is 1. The Bertz CT molecular complexity index is 473. The highest BCUT2D eigenvalue weighted by Crippen LogP contribution is 2.40. The average Bonchev–Trinajstić information content (AvgIpc) is 2.59. The third-order valence-electron chi connectivity index (χ3n) is 2.34. The molecule has 0 radical (unpaired) electrons. The number of hydrogen-bond acceptors (Lipinski definition) is 3. The summed E-state index contributed by atoms with van der Waals surface area (Å²) >= 11 is 2.60. The quantitative estimate of drug-likeness (QED) is 0.764. The van der Waals surface area contributed by atoms with Crippen LogP contribution < -0.4 is 4.18 Å². The lowest BCUT2D eigenvalue weighted by Crippen LogP contribution is -2.03. The average molecular weight is 327 g/mol. The fourth-order valence-electron chi connectivity index (χ4n) is 1.64. The molecule has 0 atom stereocenters. The molecule has 0 N–H and O–H groups in total. The van der Waals surface area contributed by atoms with E-state index < -0.39 is 17.6 Å². The van der Waals surface area contributed by atoms with E-state index >= 15 is 0 Å². The second kappa shape index (κ2) is 4.53. The Morgan fingerprint density at radius 1 is 1.29 bits per heavy atom. The molecule has 0 amide bonds. The summed E-state index contributed by atoms with van der Waals surface area (Å²) in [5.74, 6) is 0.0940. The number of carbonyl (C=O) groups excluding carboxylic acids is 1. The summed E-state index contributed by atoms with van der Waals surface area (Å²) in [6.07, 6.45) is 0.923. The van der Waals surface area contributed by atoms with Crippen LogP contribution in [0.5, 0.6) is 5.75 Å². The number of Topliss-reactive ketones (excluding diaryl/α,β-unsaturated/α-hetero) is 1. The van der Waals surface area contributed by atoms with Gasteiger partial charge in [0.15, 0.2) is 23.6 Å². The third-order valence-corrected chi connectivity index (χ3v) is 3.66. The van der Waals surface area contributed by atoms with Crippen LogP contribution in [0, 0.1) is 0 Å². The molecule has 0 bridgehead atoms. The molecule has 7 heteroatoms. The van der Waals surface area contributed by atoms with Gasteiger partial charge in [0.1, 0.15) is 0 Å². The largest absolute Gasteiger partial charge is 0.479 e. The second-order valence-electron chi connectivity index (χ2n) is 3.44. The number of rotatable bonds is 2. The standard InChI is InChI=1S/C10H6BrF3O2S/c11-9-6-1-3-7(15)5(6)2-4-8(9)16-17-10(12,13)14/h2,4H,1,3H2. The predicted molar refractivity (Wildman–Crippen MR) is 61.1 cm³/mol. The van der Waals surface area contributed by atoms with Crippen molar-refractivity contribution in [3.8, 4) is 5.75 Å². The van der Waals surface area contributed by atoms with Crippen LogP contribution in [0.1, 0.15) is 22.3 Å². The minimum Gasteiger partial charge on any atom is -0.416 e. The lowest BCUT2D eigenvalue weighted by Gasteiger charge is -2.10. The van der Waals surface area contributed by atoms with Crippen molar-refractivity contribution >= 4 is 33.8 Å². The summed E-state index contributed by atoms with van der Waals surface area (Å²) in [5.41, 5.74) is -3.18. The maximum absolute atomic E-state index is 12.0. The maximum atomic E-state index is 12.0. The van der Waals surface area contributed by atoms with E-state index in [4.69, 9.17) is 0 Å². The van der Waals surface area contributed by atoms with Crippen LogP contribution in [0.25, 0.3) is 0 Å². The molecule has 0 fully saturated rings. The minimum absolute atomic E-state index is 0.00993. The second-order valence-corrected chi connectivity index (χ2v) is 5.03. The number of fused-ring (bicyclic) bond motifs is 1. The maximum Gasteiger partial charge on any atom is 0.479 e. The van der Waals surface area contributed by atoms with Gasteiger partial charge in [-0.25, -0.2) is 0 Å². The minimum atomic E-state index is -4.45. The van der Waals surface area contributed by atoms with Crippen molar-refractivity contribution in [3.05, 3.63) is 27.7 Å². The highest BCUT2D eigenvalue weighted by Gasteiger charge is 2.32. The number of alkyl halides is 3. The van der Waals surface area contributed by atoms with Gasteiger partial charge >= 0.3 is 5.51 Å². The SMILES string of the molecule is O=C1CCc2c1ccc(OSC(F)(F)F)c2Br. The van der Waals surface area contributed by atoms with Crippen molar-refractivity contribution in [3.63, 3.8) is 0 Å². The first-order chi connectivity index (χ1) is 7.88.